The molecule has 2 aromatic rings. The summed E-state index contributed by atoms with van der Waals surface area (Å²) in [7, 11) is 0. The Hall–Kier alpha value is -1.84. The first-order chi connectivity index (χ1) is 5.79. The van der Waals surface area contributed by atoms with E-state index in [2.05, 4.69) is 9.97 Å². The van der Waals surface area contributed by atoms with Gasteiger partial charge in [-0.25, -0.2) is 0 Å². The average Bonchev–Trinajstić information content (AvgIpc) is 2.04. The molecule has 4 heteroatoms. The summed E-state index contributed by atoms with van der Waals surface area (Å²) in [6, 6.07) is 1.72. The summed E-state index contributed by atoms with van der Waals surface area (Å²) in [4.78, 5) is 7.99. The molecule has 0 unspecified atom stereocenters. The van der Waals surface area contributed by atoms with E-state index in [1.165, 1.54) is 0 Å². The number of anilines is 2. The smallest absolute Gasteiger partial charge is 0.0926 e. The summed E-state index contributed by atoms with van der Waals surface area (Å²) >= 11 is 0. The highest BCUT2D eigenvalue weighted by molar-refractivity contribution is 5.98. The van der Waals surface area contributed by atoms with Gasteiger partial charge in [-0.05, 0) is 6.07 Å². The van der Waals surface area contributed by atoms with Crippen LogP contribution >= 0.6 is 0 Å². The van der Waals surface area contributed by atoms with Crippen LogP contribution < -0.4 is 11.5 Å². The lowest BCUT2D eigenvalue weighted by molar-refractivity contribution is 1.31. The fourth-order valence-electron chi connectivity index (χ4n) is 1.16. The van der Waals surface area contributed by atoms with E-state index in [0.717, 1.165) is 10.9 Å². The Morgan fingerprint density at radius 1 is 1.08 bits per heavy atom. The van der Waals surface area contributed by atoms with Crippen LogP contribution in [0.15, 0.2) is 24.7 Å². The minimum atomic E-state index is 0.568. The number of pyridine rings is 2. The van der Waals surface area contributed by atoms with Crippen LogP contribution in [0.1, 0.15) is 0 Å². The van der Waals surface area contributed by atoms with E-state index in [0.29, 0.717) is 11.4 Å². The second-order valence-electron chi connectivity index (χ2n) is 2.52. The molecular formula is C8H8N4. The lowest BCUT2D eigenvalue weighted by atomic mass is 10.2. The molecular weight excluding hydrogens is 152 g/mol. The third-order valence-corrected chi connectivity index (χ3v) is 1.71. The van der Waals surface area contributed by atoms with E-state index in [9.17, 15) is 0 Å². The van der Waals surface area contributed by atoms with Gasteiger partial charge < -0.3 is 11.5 Å². The maximum atomic E-state index is 5.71. The molecule has 0 saturated carbocycles. The summed E-state index contributed by atoms with van der Waals surface area (Å²) in [6.07, 6.45) is 4.85. The first-order valence-electron chi connectivity index (χ1n) is 3.52. The van der Waals surface area contributed by atoms with Gasteiger partial charge in [-0.15, -0.1) is 0 Å². The van der Waals surface area contributed by atoms with Crippen LogP contribution in [0.5, 0.6) is 0 Å². The normalized spacial score (nSPS) is 10.3. The van der Waals surface area contributed by atoms with E-state index in [4.69, 9.17) is 11.5 Å². The SMILES string of the molecule is Nc1ccnc2cncc(N)c12. The van der Waals surface area contributed by atoms with Crippen LogP contribution in [0.25, 0.3) is 10.9 Å². The van der Waals surface area contributed by atoms with Crippen LogP contribution in [0, 0.1) is 0 Å². The standard InChI is InChI=1S/C8H8N4/c9-5-1-2-12-7-4-11-3-6(10)8(5)7/h1-4H,10H2,(H2,9,12). The zero-order chi connectivity index (χ0) is 8.55. The highest BCUT2D eigenvalue weighted by atomic mass is 14.8. The van der Waals surface area contributed by atoms with Crippen molar-refractivity contribution in [2.75, 3.05) is 11.5 Å². The molecule has 0 amide bonds. The van der Waals surface area contributed by atoms with Crippen molar-refractivity contribution < 1.29 is 0 Å². The van der Waals surface area contributed by atoms with Gasteiger partial charge in [0.2, 0.25) is 0 Å². The molecule has 2 rings (SSSR count). The van der Waals surface area contributed by atoms with Crippen LogP contribution in [0.3, 0.4) is 0 Å². The molecule has 0 saturated heterocycles. The minimum Gasteiger partial charge on any atom is -0.398 e. The van der Waals surface area contributed by atoms with Crippen molar-refractivity contribution in [3.8, 4) is 0 Å². The minimum absolute atomic E-state index is 0.568. The van der Waals surface area contributed by atoms with Crippen molar-refractivity contribution in [3.63, 3.8) is 0 Å². The Bertz CT molecular complexity index is 388. The van der Waals surface area contributed by atoms with Crippen molar-refractivity contribution in [1.82, 2.24) is 9.97 Å². The zero-order valence-electron chi connectivity index (χ0n) is 6.36. The maximum absolute atomic E-state index is 5.71. The van der Waals surface area contributed by atoms with Gasteiger partial charge in [0.05, 0.1) is 23.6 Å². The summed E-state index contributed by atoms with van der Waals surface area (Å²) < 4.78 is 0. The first kappa shape index (κ1) is 6.84. The number of aromatic nitrogens is 2. The second-order valence-corrected chi connectivity index (χ2v) is 2.52. The zero-order valence-corrected chi connectivity index (χ0v) is 6.36. The topological polar surface area (TPSA) is 77.8 Å². The van der Waals surface area contributed by atoms with Crippen LogP contribution in [0.4, 0.5) is 11.4 Å². The fraction of sp³-hybridized carbons (Fsp3) is 0. The lowest BCUT2D eigenvalue weighted by Crippen LogP contribution is -1.94. The number of nitrogens with zero attached hydrogens (tertiary/aromatic N) is 2. The summed E-state index contributed by atoms with van der Waals surface area (Å²) in [6.45, 7) is 0. The first-order valence-corrected chi connectivity index (χ1v) is 3.52. The molecule has 4 N–H and O–H groups in total. The van der Waals surface area contributed by atoms with Crippen LogP contribution in [-0.4, -0.2) is 9.97 Å². The monoisotopic (exact) mass is 160 g/mol. The van der Waals surface area contributed by atoms with Gasteiger partial charge in [-0.2, -0.15) is 0 Å². The number of rotatable bonds is 0. The van der Waals surface area contributed by atoms with Crippen molar-refractivity contribution >= 4 is 22.3 Å². The third kappa shape index (κ3) is 0.852. The molecule has 0 bridgehead atoms. The Labute approximate surface area is 69.2 Å². The predicted octanol–water partition coefficient (Wildman–Crippen LogP) is 0.794. The maximum Gasteiger partial charge on any atom is 0.0926 e. The van der Waals surface area contributed by atoms with Gasteiger partial charge in [0.1, 0.15) is 0 Å². The molecule has 4 nitrogen and oxygen atoms in total. The lowest BCUT2D eigenvalue weighted by Gasteiger charge is -2.02. The molecule has 0 aliphatic carbocycles. The Balaban J connectivity index is 2.96. The number of hydrogen-bond acceptors (Lipinski definition) is 4. The van der Waals surface area contributed by atoms with Crippen molar-refractivity contribution in [1.29, 1.82) is 0 Å². The average molecular weight is 160 g/mol. The van der Waals surface area contributed by atoms with Crippen molar-refractivity contribution in [2.24, 2.45) is 0 Å². The van der Waals surface area contributed by atoms with Gasteiger partial charge in [0.25, 0.3) is 0 Å². The molecule has 0 fully saturated rings. The Morgan fingerprint density at radius 3 is 2.67 bits per heavy atom. The van der Waals surface area contributed by atoms with Crippen LogP contribution in [-0.2, 0) is 0 Å². The summed E-state index contributed by atoms with van der Waals surface area (Å²) in [5.74, 6) is 0. The van der Waals surface area contributed by atoms with E-state index >= 15 is 0 Å². The van der Waals surface area contributed by atoms with E-state index in [-0.39, 0.29) is 0 Å². The Morgan fingerprint density at radius 2 is 1.92 bits per heavy atom. The number of nitrogens with two attached hydrogens (primary N) is 2. The summed E-state index contributed by atoms with van der Waals surface area (Å²) in [5, 5.41) is 0.785. The molecule has 0 atom stereocenters. The van der Waals surface area contributed by atoms with E-state index < -0.39 is 0 Å². The van der Waals surface area contributed by atoms with Gasteiger partial charge in [0.15, 0.2) is 0 Å². The molecule has 0 aromatic carbocycles. The van der Waals surface area contributed by atoms with Gasteiger partial charge in [-0.1, -0.05) is 0 Å². The molecule has 0 radical (unpaired) electrons. The second kappa shape index (κ2) is 2.34. The number of hydrogen-bond donors (Lipinski definition) is 2. The molecule has 0 aliphatic heterocycles. The molecule has 12 heavy (non-hydrogen) atoms. The molecule has 0 spiro atoms. The Kier molecular flexibility index (Phi) is 1.33. The third-order valence-electron chi connectivity index (χ3n) is 1.71. The molecule has 2 aromatic heterocycles. The van der Waals surface area contributed by atoms with Gasteiger partial charge in [-0.3, -0.25) is 9.97 Å². The quantitative estimate of drug-likeness (QED) is 0.597. The fourth-order valence-corrected chi connectivity index (χ4v) is 1.16. The van der Waals surface area contributed by atoms with Crippen molar-refractivity contribution in [2.45, 2.75) is 0 Å². The van der Waals surface area contributed by atoms with Gasteiger partial charge in [0, 0.05) is 17.3 Å². The molecule has 60 valence electrons. The van der Waals surface area contributed by atoms with E-state index in [1.807, 2.05) is 0 Å². The van der Waals surface area contributed by atoms with Gasteiger partial charge >= 0.3 is 0 Å². The van der Waals surface area contributed by atoms with Crippen molar-refractivity contribution in [3.05, 3.63) is 24.7 Å². The number of fused-ring (bicyclic) bond motifs is 1. The number of nitrogen functional groups attached to an aromatic ring is 2. The predicted molar refractivity (Wildman–Crippen MR) is 48.4 cm³/mol. The van der Waals surface area contributed by atoms with Crippen LogP contribution in [0.2, 0.25) is 0 Å². The highest BCUT2D eigenvalue weighted by Crippen LogP contribution is 2.22. The van der Waals surface area contributed by atoms with E-state index in [1.54, 1.807) is 24.7 Å². The molecule has 0 aliphatic rings. The molecule has 2 heterocycles. The highest BCUT2D eigenvalue weighted by Gasteiger charge is 2.01. The largest absolute Gasteiger partial charge is 0.398 e. The summed E-state index contributed by atoms with van der Waals surface area (Å²) in [5.41, 5.74) is 13.3.